The summed E-state index contributed by atoms with van der Waals surface area (Å²) in [5.41, 5.74) is 2.15. The molecule has 1 aromatic rings. The van der Waals surface area contributed by atoms with Crippen LogP contribution in [0.3, 0.4) is 0 Å². The Kier molecular flexibility index (Phi) is 2.63. The second kappa shape index (κ2) is 4.24. The summed E-state index contributed by atoms with van der Waals surface area (Å²) in [4.78, 5) is 12.4. The van der Waals surface area contributed by atoms with Crippen LogP contribution in [0.1, 0.15) is 30.4 Å². The Morgan fingerprint density at radius 2 is 2.05 bits per heavy atom. The van der Waals surface area contributed by atoms with E-state index in [1.165, 1.54) is 6.42 Å². The monoisotopic (exact) mass is 276 g/mol. The van der Waals surface area contributed by atoms with Crippen LogP contribution in [-0.2, 0) is 17.6 Å². The number of hydrogen-bond donors (Lipinski definition) is 0. The number of ether oxygens (including phenoxy) is 1. The second-order valence-corrected chi connectivity index (χ2v) is 6.66. The van der Waals surface area contributed by atoms with E-state index in [1.807, 2.05) is 12.1 Å². The minimum Gasteiger partial charge on any atom is -0.493 e. The molecule has 3 heteroatoms. The van der Waals surface area contributed by atoms with Gasteiger partial charge in [-0.05, 0) is 48.8 Å². The van der Waals surface area contributed by atoms with Gasteiger partial charge in [0, 0.05) is 29.3 Å². The first-order chi connectivity index (χ1) is 9.20. The normalized spacial score (nSPS) is 30.7. The van der Waals surface area contributed by atoms with Crippen molar-refractivity contribution in [2.45, 2.75) is 32.1 Å². The van der Waals surface area contributed by atoms with Crippen molar-refractivity contribution in [3.8, 4) is 5.75 Å². The zero-order valence-corrected chi connectivity index (χ0v) is 11.6. The molecule has 1 heterocycles. The lowest BCUT2D eigenvalue weighted by Crippen LogP contribution is -2.15. The van der Waals surface area contributed by atoms with E-state index in [0.717, 1.165) is 53.0 Å². The Balaban J connectivity index is 1.54. The molecule has 0 saturated heterocycles. The standard InChI is InChI=1S/C16H17ClO2/c17-14-6-9-1-2-19-16(9)13(7-14)8-15(18)12-4-10-3-11(10)5-12/h6-7,10-12H,1-5,8H2. The van der Waals surface area contributed by atoms with E-state index >= 15 is 0 Å². The van der Waals surface area contributed by atoms with Gasteiger partial charge in [-0.2, -0.15) is 0 Å². The highest BCUT2D eigenvalue weighted by atomic mass is 35.5. The Morgan fingerprint density at radius 3 is 2.84 bits per heavy atom. The van der Waals surface area contributed by atoms with E-state index in [9.17, 15) is 4.79 Å². The fourth-order valence-corrected chi connectivity index (χ4v) is 4.05. The van der Waals surface area contributed by atoms with Crippen LogP contribution in [-0.4, -0.2) is 12.4 Å². The number of carbonyl (C=O) groups excluding carboxylic acids is 1. The Labute approximate surface area is 118 Å². The number of benzene rings is 1. The summed E-state index contributed by atoms with van der Waals surface area (Å²) in [5, 5.41) is 0.723. The molecule has 2 aliphatic carbocycles. The van der Waals surface area contributed by atoms with Crippen LogP contribution < -0.4 is 4.74 Å². The van der Waals surface area contributed by atoms with E-state index in [1.54, 1.807) is 0 Å². The maximum Gasteiger partial charge on any atom is 0.140 e. The molecule has 4 rings (SSSR count). The van der Waals surface area contributed by atoms with E-state index < -0.39 is 0 Å². The van der Waals surface area contributed by atoms with Gasteiger partial charge in [0.15, 0.2) is 0 Å². The first kappa shape index (κ1) is 11.8. The van der Waals surface area contributed by atoms with Crippen molar-refractivity contribution < 1.29 is 9.53 Å². The maximum absolute atomic E-state index is 12.4. The molecule has 0 amide bonds. The van der Waals surface area contributed by atoms with E-state index in [-0.39, 0.29) is 0 Å². The van der Waals surface area contributed by atoms with Crippen LogP contribution in [0, 0.1) is 17.8 Å². The molecule has 2 atom stereocenters. The zero-order chi connectivity index (χ0) is 13.0. The summed E-state index contributed by atoms with van der Waals surface area (Å²) in [5.74, 6) is 3.30. The Hall–Kier alpha value is -1.02. The number of halogens is 1. The van der Waals surface area contributed by atoms with Crippen LogP contribution in [0.5, 0.6) is 5.75 Å². The van der Waals surface area contributed by atoms with Crippen molar-refractivity contribution in [3.63, 3.8) is 0 Å². The van der Waals surface area contributed by atoms with Crippen molar-refractivity contribution in [2.24, 2.45) is 17.8 Å². The summed E-state index contributed by atoms with van der Waals surface area (Å²) in [6.45, 7) is 0.713. The molecule has 2 saturated carbocycles. The molecule has 0 aromatic heterocycles. The van der Waals surface area contributed by atoms with Gasteiger partial charge in [0.25, 0.3) is 0 Å². The lowest BCUT2D eigenvalue weighted by molar-refractivity contribution is -0.122. The molecule has 19 heavy (non-hydrogen) atoms. The fraction of sp³-hybridized carbons (Fsp3) is 0.562. The minimum absolute atomic E-state index is 0.291. The van der Waals surface area contributed by atoms with Crippen molar-refractivity contribution >= 4 is 17.4 Å². The van der Waals surface area contributed by atoms with Gasteiger partial charge in [0.05, 0.1) is 6.61 Å². The smallest absolute Gasteiger partial charge is 0.140 e. The molecule has 1 aromatic carbocycles. The molecule has 2 nitrogen and oxygen atoms in total. The highest BCUT2D eigenvalue weighted by Crippen LogP contribution is 2.54. The number of ketones is 1. The highest BCUT2D eigenvalue weighted by molar-refractivity contribution is 6.30. The molecule has 0 spiro atoms. The first-order valence-electron chi connectivity index (χ1n) is 7.17. The van der Waals surface area contributed by atoms with E-state index in [4.69, 9.17) is 16.3 Å². The van der Waals surface area contributed by atoms with Gasteiger partial charge in [0.1, 0.15) is 11.5 Å². The molecule has 100 valence electrons. The molecule has 0 bridgehead atoms. The predicted octanol–water partition coefficient (Wildman–Crippen LogP) is 3.43. The number of Topliss-reactive ketones (excluding diaryl/α,β-unsaturated/α-hetero) is 1. The van der Waals surface area contributed by atoms with Gasteiger partial charge >= 0.3 is 0 Å². The number of carbonyl (C=O) groups is 1. The van der Waals surface area contributed by atoms with Crippen LogP contribution >= 0.6 is 11.6 Å². The van der Waals surface area contributed by atoms with Crippen molar-refractivity contribution in [1.29, 1.82) is 0 Å². The summed E-state index contributed by atoms with van der Waals surface area (Å²) in [6, 6.07) is 3.86. The van der Waals surface area contributed by atoms with Crippen LogP contribution in [0.25, 0.3) is 0 Å². The summed E-state index contributed by atoms with van der Waals surface area (Å²) in [7, 11) is 0. The Bertz CT molecular complexity index is 542. The average molecular weight is 277 g/mol. The number of fused-ring (bicyclic) bond motifs is 2. The molecular weight excluding hydrogens is 260 g/mol. The third-order valence-corrected chi connectivity index (χ3v) is 5.11. The minimum atomic E-state index is 0.291. The predicted molar refractivity (Wildman–Crippen MR) is 73.7 cm³/mol. The number of hydrogen-bond acceptors (Lipinski definition) is 2. The Morgan fingerprint density at radius 1 is 1.26 bits per heavy atom. The third kappa shape index (κ3) is 2.06. The topological polar surface area (TPSA) is 26.3 Å². The number of rotatable bonds is 3. The van der Waals surface area contributed by atoms with Gasteiger partial charge < -0.3 is 4.74 Å². The van der Waals surface area contributed by atoms with Crippen molar-refractivity contribution in [3.05, 3.63) is 28.3 Å². The third-order valence-electron chi connectivity index (χ3n) is 4.89. The van der Waals surface area contributed by atoms with Gasteiger partial charge in [0.2, 0.25) is 0 Å². The molecule has 1 aliphatic heterocycles. The molecule has 3 aliphatic rings. The second-order valence-electron chi connectivity index (χ2n) is 6.22. The highest BCUT2D eigenvalue weighted by Gasteiger charge is 2.47. The first-order valence-corrected chi connectivity index (χ1v) is 7.55. The zero-order valence-electron chi connectivity index (χ0n) is 10.8. The van der Waals surface area contributed by atoms with Gasteiger partial charge in [-0.3, -0.25) is 4.79 Å². The fourth-order valence-electron chi connectivity index (χ4n) is 3.79. The maximum atomic E-state index is 12.4. The summed E-state index contributed by atoms with van der Waals surface area (Å²) < 4.78 is 5.67. The van der Waals surface area contributed by atoms with Crippen LogP contribution in [0.2, 0.25) is 5.02 Å². The summed E-state index contributed by atoms with van der Waals surface area (Å²) >= 11 is 6.14. The van der Waals surface area contributed by atoms with Gasteiger partial charge in [-0.15, -0.1) is 0 Å². The van der Waals surface area contributed by atoms with Crippen molar-refractivity contribution in [1.82, 2.24) is 0 Å². The molecule has 0 N–H and O–H groups in total. The molecular formula is C16H17ClO2. The van der Waals surface area contributed by atoms with Crippen molar-refractivity contribution in [2.75, 3.05) is 6.61 Å². The molecule has 2 fully saturated rings. The lowest BCUT2D eigenvalue weighted by atomic mass is 9.92. The van der Waals surface area contributed by atoms with Gasteiger partial charge in [-0.1, -0.05) is 11.6 Å². The van der Waals surface area contributed by atoms with Gasteiger partial charge in [-0.25, -0.2) is 0 Å². The van der Waals surface area contributed by atoms with E-state index in [0.29, 0.717) is 24.7 Å². The van der Waals surface area contributed by atoms with E-state index in [2.05, 4.69) is 0 Å². The lowest BCUT2D eigenvalue weighted by Gasteiger charge is -2.13. The quantitative estimate of drug-likeness (QED) is 0.845. The largest absolute Gasteiger partial charge is 0.493 e. The van der Waals surface area contributed by atoms with Crippen LogP contribution in [0.15, 0.2) is 12.1 Å². The summed E-state index contributed by atoms with van der Waals surface area (Å²) in [6.07, 6.45) is 5.00. The van der Waals surface area contributed by atoms with Crippen LogP contribution in [0.4, 0.5) is 0 Å². The SMILES string of the molecule is O=C(Cc1cc(Cl)cc2c1OCC2)C1CC2CC2C1. The average Bonchev–Trinajstić information content (AvgIpc) is 2.80. The molecule has 0 radical (unpaired) electrons. The molecule has 2 unspecified atom stereocenters.